The summed E-state index contributed by atoms with van der Waals surface area (Å²) in [6.45, 7) is 4.93. The molecule has 1 aromatic carbocycles. The number of benzene rings is 1. The fourth-order valence-corrected chi connectivity index (χ4v) is 3.87. The maximum Gasteiger partial charge on any atom is 0.261 e. The molecule has 1 aromatic heterocycles. The molecule has 2 amide bonds. The zero-order chi connectivity index (χ0) is 16.4. The quantitative estimate of drug-likeness (QED) is 0.941. The fourth-order valence-electron chi connectivity index (χ4n) is 2.81. The summed E-state index contributed by atoms with van der Waals surface area (Å²) in [6, 6.07) is 11.8. The summed E-state index contributed by atoms with van der Waals surface area (Å²) >= 11 is 1.54. The van der Waals surface area contributed by atoms with Crippen molar-refractivity contribution in [2.24, 2.45) is 0 Å². The van der Waals surface area contributed by atoms with E-state index in [2.05, 4.69) is 5.32 Å². The Morgan fingerprint density at radius 3 is 2.70 bits per heavy atom. The average molecular weight is 328 g/mol. The highest BCUT2D eigenvalue weighted by atomic mass is 32.1. The Morgan fingerprint density at radius 1 is 1.26 bits per heavy atom. The number of fused-ring (bicyclic) bond motifs is 1. The zero-order valence-corrected chi connectivity index (χ0v) is 14.2. The standard InChI is InChI=1S/C18H20N2O2S/c1-12(14-6-4-3-5-7-14)19-18(22)17-10-15-11-20(13(2)21)9-8-16(15)23-17/h3-7,10,12H,8-9,11H2,1-2H3,(H,19,22)/t12-/m1/s1. The predicted octanol–water partition coefficient (Wildman–Crippen LogP) is 3.14. The van der Waals surface area contributed by atoms with Gasteiger partial charge in [-0.25, -0.2) is 0 Å². The van der Waals surface area contributed by atoms with Crippen molar-refractivity contribution in [3.8, 4) is 0 Å². The molecular formula is C18H20N2O2S. The molecule has 1 N–H and O–H groups in total. The summed E-state index contributed by atoms with van der Waals surface area (Å²) in [5, 5.41) is 3.05. The highest BCUT2D eigenvalue weighted by Gasteiger charge is 2.23. The van der Waals surface area contributed by atoms with Crippen LogP contribution >= 0.6 is 11.3 Å². The minimum Gasteiger partial charge on any atom is -0.345 e. The van der Waals surface area contributed by atoms with E-state index >= 15 is 0 Å². The summed E-state index contributed by atoms with van der Waals surface area (Å²) in [5.41, 5.74) is 2.19. The lowest BCUT2D eigenvalue weighted by Crippen LogP contribution is -2.33. The van der Waals surface area contributed by atoms with Gasteiger partial charge in [-0.3, -0.25) is 9.59 Å². The van der Waals surface area contributed by atoms with Crippen molar-refractivity contribution in [2.75, 3.05) is 6.54 Å². The Bertz CT molecular complexity index is 724. The van der Waals surface area contributed by atoms with E-state index in [9.17, 15) is 9.59 Å². The van der Waals surface area contributed by atoms with Gasteiger partial charge in [-0.1, -0.05) is 30.3 Å². The van der Waals surface area contributed by atoms with Gasteiger partial charge in [-0.2, -0.15) is 0 Å². The Labute approximate surface area is 140 Å². The van der Waals surface area contributed by atoms with Gasteiger partial charge in [-0.05, 0) is 30.5 Å². The predicted molar refractivity (Wildman–Crippen MR) is 91.4 cm³/mol. The minimum absolute atomic E-state index is 0.0310. The molecule has 120 valence electrons. The van der Waals surface area contributed by atoms with Crippen LogP contribution < -0.4 is 5.32 Å². The molecular weight excluding hydrogens is 308 g/mol. The normalized spacial score (nSPS) is 15.0. The molecule has 5 heteroatoms. The summed E-state index contributed by atoms with van der Waals surface area (Å²) in [4.78, 5) is 27.8. The van der Waals surface area contributed by atoms with Gasteiger partial charge in [0.1, 0.15) is 0 Å². The lowest BCUT2D eigenvalue weighted by molar-refractivity contribution is -0.129. The molecule has 1 aliphatic rings. The van der Waals surface area contributed by atoms with E-state index in [1.165, 1.54) is 4.88 Å². The van der Waals surface area contributed by atoms with Gasteiger partial charge < -0.3 is 10.2 Å². The first kappa shape index (κ1) is 15.7. The van der Waals surface area contributed by atoms with E-state index in [0.717, 1.165) is 29.0 Å². The first-order valence-electron chi connectivity index (χ1n) is 7.77. The van der Waals surface area contributed by atoms with Crippen molar-refractivity contribution in [2.45, 2.75) is 32.9 Å². The molecule has 0 unspecified atom stereocenters. The van der Waals surface area contributed by atoms with Crippen LogP contribution in [0.5, 0.6) is 0 Å². The fraction of sp³-hybridized carbons (Fsp3) is 0.333. The summed E-state index contributed by atoms with van der Waals surface area (Å²) in [5.74, 6) is 0.0423. The van der Waals surface area contributed by atoms with Crippen LogP contribution in [0.4, 0.5) is 0 Å². The Balaban J connectivity index is 1.71. The molecule has 0 saturated heterocycles. The summed E-state index contributed by atoms with van der Waals surface area (Å²) < 4.78 is 0. The third-order valence-corrected chi connectivity index (χ3v) is 5.42. The number of hydrogen-bond donors (Lipinski definition) is 1. The van der Waals surface area contributed by atoms with Crippen molar-refractivity contribution >= 4 is 23.2 Å². The van der Waals surface area contributed by atoms with Gasteiger partial charge in [0.25, 0.3) is 5.91 Å². The third-order valence-electron chi connectivity index (χ3n) is 4.18. The van der Waals surface area contributed by atoms with Crippen molar-refractivity contribution in [3.05, 3.63) is 57.3 Å². The van der Waals surface area contributed by atoms with Crippen molar-refractivity contribution in [1.29, 1.82) is 0 Å². The van der Waals surface area contributed by atoms with Crippen LogP contribution in [0.2, 0.25) is 0 Å². The van der Waals surface area contributed by atoms with Crippen LogP contribution in [-0.4, -0.2) is 23.3 Å². The molecule has 0 radical (unpaired) electrons. The lowest BCUT2D eigenvalue weighted by Gasteiger charge is -2.25. The van der Waals surface area contributed by atoms with Crippen LogP contribution in [0.1, 0.15) is 45.6 Å². The maximum absolute atomic E-state index is 12.5. The number of hydrogen-bond acceptors (Lipinski definition) is 3. The molecule has 1 atom stereocenters. The molecule has 0 spiro atoms. The molecule has 0 aliphatic carbocycles. The molecule has 0 bridgehead atoms. The largest absolute Gasteiger partial charge is 0.345 e. The smallest absolute Gasteiger partial charge is 0.261 e. The van der Waals surface area contributed by atoms with Gasteiger partial charge in [0.2, 0.25) is 5.91 Å². The molecule has 2 aromatic rings. The van der Waals surface area contributed by atoms with Crippen molar-refractivity contribution < 1.29 is 9.59 Å². The number of thiophene rings is 1. The molecule has 0 saturated carbocycles. The Kier molecular flexibility index (Phi) is 4.48. The molecule has 1 aliphatic heterocycles. The van der Waals surface area contributed by atoms with E-state index in [0.29, 0.717) is 6.54 Å². The second kappa shape index (κ2) is 6.54. The maximum atomic E-state index is 12.5. The zero-order valence-electron chi connectivity index (χ0n) is 13.3. The lowest BCUT2D eigenvalue weighted by atomic mass is 10.1. The van der Waals surface area contributed by atoms with E-state index in [1.807, 2.05) is 48.2 Å². The van der Waals surface area contributed by atoms with Crippen LogP contribution in [0.3, 0.4) is 0 Å². The monoisotopic (exact) mass is 328 g/mol. The number of amides is 2. The average Bonchev–Trinajstić information content (AvgIpc) is 2.98. The van der Waals surface area contributed by atoms with Crippen molar-refractivity contribution in [3.63, 3.8) is 0 Å². The van der Waals surface area contributed by atoms with Gasteiger partial charge in [0, 0.05) is 24.9 Å². The minimum atomic E-state index is -0.0462. The second-order valence-electron chi connectivity index (χ2n) is 5.86. The Morgan fingerprint density at radius 2 is 2.00 bits per heavy atom. The third kappa shape index (κ3) is 3.45. The van der Waals surface area contributed by atoms with Crippen LogP contribution in [0.25, 0.3) is 0 Å². The number of rotatable bonds is 3. The summed E-state index contributed by atoms with van der Waals surface area (Å²) in [6.07, 6.45) is 0.834. The van der Waals surface area contributed by atoms with Crippen LogP contribution in [-0.2, 0) is 17.8 Å². The van der Waals surface area contributed by atoms with Crippen LogP contribution in [0, 0.1) is 0 Å². The first-order valence-corrected chi connectivity index (χ1v) is 8.59. The number of nitrogens with one attached hydrogen (secondary N) is 1. The molecule has 0 fully saturated rings. The molecule has 3 rings (SSSR count). The van der Waals surface area contributed by atoms with Crippen LogP contribution in [0.15, 0.2) is 36.4 Å². The number of carbonyl (C=O) groups is 2. The number of nitrogens with zero attached hydrogens (tertiary/aromatic N) is 1. The van der Waals surface area contributed by atoms with E-state index in [4.69, 9.17) is 0 Å². The molecule has 2 heterocycles. The Hall–Kier alpha value is -2.14. The van der Waals surface area contributed by atoms with Gasteiger partial charge in [0.05, 0.1) is 10.9 Å². The van der Waals surface area contributed by atoms with Crippen molar-refractivity contribution in [1.82, 2.24) is 10.2 Å². The van der Waals surface area contributed by atoms with Gasteiger partial charge in [-0.15, -0.1) is 11.3 Å². The summed E-state index contributed by atoms with van der Waals surface area (Å²) in [7, 11) is 0. The molecule has 4 nitrogen and oxygen atoms in total. The van der Waals surface area contributed by atoms with Gasteiger partial charge in [0.15, 0.2) is 0 Å². The highest BCUT2D eigenvalue weighted by Crippen LogP contribution is 2.28. The topological polar surface area (TPSA) is 49.4 Å². The van der Waals surface area contributed by atoms with E-state index < -0.39 is 0 Å². The SMILES string of the molecule is CC(=O)N1CCc2sc(C(=O)N[C@H](C)c3ccccc3)cc2C1. The highest BCUT2D eigenvalue weighted by molar-refractivity contribution is 7.14. The number of carbonyl (C=O) groups excluding carboxylic acids is 2. The molecule has 23 heavy (non-hydrogen) atoms. The first-order chi connectivity index (χ1) is 11.0. The van der Waals surface area contributed by atoms with Gasteiger partial charge >= 0.3 is 0 Å². The van der Waals surface area contributed by atoms with E-state index in [1.54, 1.807) is 18.3 Å². The second-order valence-corrected chi connectivity index (χ2v) is 6.99. The van der Waals surface area contributed by atoms with E-state index in [-0.39, 0.29) is 17.9 Å².